The smallest absolute Gasteiger partial charge is 0.210 e. The van der Waals surface area contributed by atoms with Crippen molar-refractivity contribution in [3.8, 4) is 5.88 Å². The van der Waals surface area contributed by atoms with Crippen LogP contribution in [-0.4, -0.2) is 46.6 Å². The molecule has 2 aromatic rings. The maximum absolute atomic E-state index is 9.14. The van der Waals surface area contributed by atoms with Crippen LogP contribution < -0.4 is 4.90 Å². The summed E-state index contributed by atoms with van der Waals surface area (Å²) in [5.41, 5.74) is 2.90. The van der Waals surface area contributed by atoms with Gasteiger partial charge >= 0.3 is 0 Å². The van der Waals surface area contributed by atoms with E-state index in [2.05, 4.69) is 4.98 Å². The van der Waals surface area contributed by atoms with Crippen molar-refractivity contribution in [2.75, 3.05) is 31.2 Å². The van der Waals surface area contributed by atoms with Gasteiger partial charge in [-0.05, 0) is 29.3 Å². The van der Waals surface area contributed by atoms with E-state index in [0.29, 0.717) is 13.1 Å². The van der Waals surface area contributed by atoms with E-state index in [-0.39, 0.29) is 19.1 Å². The number of aromatic hydroxyl groups is 1. The summed E-state index contributed by atoms with van der Waals surface area (Å²) in [4.78, 5) is 5.75. The molecular weight excluding hydrogens is 280 g/mol. The number of benzene rings is 1. The summed E-state index contributed by atoms with van der Waals surface area (Å²) in [6.07, 6.45) is 5.48. The number of aliphatic hydroxyl groups is 2. The average Bonchev–Trinajstić information content (AvgIpc) is 2.55. The van der Waals surface area contributed by atoms with Crippen LogP contribution in [0.3, 0.4) is 0 Å². The molecule has 0 aliphatic rings. The molecule has 1 aromatic heterocycles. The normalized spacial score (nSPS) is 11.0. The lowest BCUT2D eigenvalue weighted by molar-refractivity contribution is 0.281. The molecule has 1 aromatic carbocycles. The molecule has 3 N–H and O–H groups in total. The molecule has 22 heavy (non-hydrogen) atoms. The molecule has 0 saturated heterocycles. The monoisotopic (exact) mass is 300 g/mol. The first-order valence-electron chi connectivity index (χ1n) is 7.13. The van der Waals surface area contributed by atoms with Crippen LogP contribution in [0.2, 0.25) is 0 Å². The zero-order valence-corrected chi connectivity index (χ0v) is 12.3. The fourth-order valence-electron chi connectivity index (χ4n) is 2.10. The minimum Gasteiger partial charge on any atom is -0.493 e. The Balaban J connectivity index is 2.06. The lowest BCUT2D eigenvalue weighted by Crippen LogP contribution is -2.29. The molecule has 1 heterocycles. The van der Waals surface area contributed by atoms with Gasteiger partial charge in [-0.2, -0.15) is 0 Å². The van der Waals surface area contributed by atoms with Gasteiger partial charge in [0.05, 0.1) is 13.2 Å². The van der Waals surface area contributed by atoms with Gasteiger partial charge in [0.15, 0.2) is 0 Å². The molecule has 0 amide bonds. The fourth-order valence-corrected chi connectivity index (χ4v) is 2.10. The highest BCUT2D eigenvalue weighted by Gasteiger charge is 2.04. The Bertz CT molecular complexity index is 588. The van der Waals surface area contributed by atoms with Crippen LogP contribution in [0.4, 0.5) is 5.69 Å². The molecule has 0 aliphatic heterocycles. The first kappa shape index (κ1) is 16.0. The van der Waals surface area contributed by atoms with Crippen molar-refractivity contribution in [2.45, 2.75) is 0 Å². The number of hydrogen-bond acceptors (Lipinski definition) is 5. The molecule has 0 fully saturated rings. The molecule has 0 aliphatic carbocycles. The Labute approximate surface area is 129 Å². The van der Waals surface area contributed by atoms with E-state index >= 15 is 0 Å². The lowest BCUT2D eigenvalue weighted by atomic mass is 10.1. The number of pyridine rings is 1. The van der Waals surface area contributed by atoms with E-state index < -0.39 is 0 Å². The Morgan fingerprint density at radius 2 is 1.45 bits per heavy atom. The topological polar surface area (TPSA) is 76.8 Å². The third-order valence-corrected chi connectivity index (χ3v) is 3.24. The van der Waals surface area contributed by atoms with Gasteiger partial charge in [-0.25, -0.2) is 4.98 Å². The highest BCUT2D eigenvalue weighted by atomic mass is 16.3. The molecule has 2 rings (SSSR count). The average molecular weight is 300 g/mol. The van der Waals surface area contributed by atoms with Crippen molar-refractivity contribution >= 4 is 17.8 Å². The Morgan fingerprint density at radius 1 is 0.864 bits per heavy atom. The van der Waals surface area contributed by atoms with Gasteiger partial charge in [0.1, 0.15) is 0 Å². The summed E-state index contributed by atoms with van der Waals surface area (Å²) >= 11 is 0. The van der Waals surface area contributed by atoms with Gasteiger partial charge in [-0.15, -0.1) is 0 Å². The largest absolute Gasteiger partial charge is 0.493 e. The fraction of sp³-hybridized carbons (Fsp3) is 0.235. The lowest BCUT2D eigenvalue weighted by Gasteiger charge is -2.22. The first-order valence-corrected chi connectivity index (χ1v) is 7.13. The van der Waals surface area contributed by atoms with Gasteiger partial charge < -0.3 is 20.2 Å². The van der Waals surface area contributed by atoms with Crippen LogP contribution in [0.1, 0.15) is 11.1 Å². The molecule has 116 valence electrons. The predicted molar refractivity (Wildman–Crippen MR) is 87.7 cm³/mol. The maximum atomic E-state index is 9.14. The molecule has 0 atom stereocenters. The maximum Gasteiger partial charge on any atom is 0.210 e. The zero-order chi connectivity index (χ0) is 15.8. The van der Waals surface area contributed by atoms with Crippen LogP contribution >= 0.6 is 0 Å². The highest BCUT2D eigenvalue weighted by Crippen LogP contribution is 2.17. The molecular formula is C17H20N2O3. The van der Waals surface area contributed by atoms with E-state index in [1.165, 1.54) is 0 Å². The van der Waals surface area contributed by atoms with Crippen LogP contribution in [-0.2, 0) is 0 Å². The Hall–Kier alpha value is -2.37. The summed E-state index contributed by atoms with van der Waals surface area (Å²) in [5.74, 6) is 0.00867. The molecule has 0 bridgehead atoms. The van der Waals surface area contributed by atoms with Gasteiger partial charge in [-0.1, -0.05) is 24.3 Å². The number of aliphatic hydroxyl groups excluding tert-OH is 2. The van der Waals surface area contributed by atoms with Crippen molar-refractivity contribution in [3.63, 3.8) is 0 Å². The van der Waals surface area contributed by atoms with Gasteiger partial charge in [0, 0.05) is 31.0 Å². The second kappa shape index (κ2) is 8.17. The third kappa shape index (κ3) is 4.58. The van der Waals surface area contributed by atoms with Crippen LogP contribution in [0.15, 0.2) is 42.6 Å². The van der Waals surface area contributed by atoms with Gasteiger partial charge in [-0.3, -0.25) is 0 Å². The van der Waals surface area contributed by atoms with Gasteiger partial charge in [0.25, 0.3) is 0 Å². The van der Waals surface area contributed by atoms with Crippen molar-refractivity contribution in [3.05, 3.63) is 53.7 Å². The number of rotatable bonds is 7. The quantitative estimate of drug-likeness (QED) is 0.726. The van der Waals surface area contributed by atoms with E-state index in [9.17, 15) is 0 Å². The van der Waals surface area contributed by atoms with E-state index in [1.54, 1.807) is 18.3 Å². The molecule has 5 nitrogen and oxygen atoms in total. The molecule has 0 unspecified atom stereocenters. The predicted octanol–water partition coefficient (Wildman–Crippen LogP) is 1.75. The first-order chi connectivity index (χ1) is 10.7. The molecule has 0 spiro atoms. The van der Waals surface area contributed by atoms with Crippen molar-refractivity contribution in [1.29, 1.82) is 0 Å². The van der Waals surface area contributed by atoms with E-state index in [0.717, 1.165) is 16.8 Å². The number of anilines is 1. The van der Waals surface area contributed by atoms with Crippen LogP contribution in [0.25, 0.3) is 12.2 Å². The van der Waals surface area contributed by atoms with Crippen molar-refractivity contribution < 1.29 is 15.3 Å². The second-order valence-electron chi connectivity index (χ2n) is 4.81. The molecule has 0 radical (unpaired) electrons. The SMILES string of the molecule is OCCN(CCO)c1ccc(/C=C/c2ccc(O)nc2)cc1. The summed E-state index contributed by atoms with van der Waals surface area (Å²) in [6, 6.07) is 11.2. The minimum absolute atomic E-state index is 0.00867. The third-order valence-electron chi connectivity index (χ3n) is 3.24. The van der Waals surface area contributed by atoms with Crippen molar-refractivity contribution in [1.82, 2.24) is 4.98 Å². The Morgan fingerprint density at radius 3 is 2.00 bits per heavy atom. The van der Waals surface area contributed by atoms with Gasteiger partial charge in [0.2, 0.25) is 5.88 Å². The van der Waals surface area contributed by atoms with E-state index in [1.807, 2.05) is 41.3 Å². The summed E-state index contributed by atoms with van der Waals surface area (Å²) in [7, 11) is 0. The minimum atomic E-state index is 0.00867. The van der Waals surface area contributed by atoms with E-state index in [4.69, 9.17) is 15.3 Å². The summed E-state index contributed by atoms with van der Waals surface area (Å²) < 4.78 is 0. The highest BCUT2D eigenvalue weighted by molar-refractivity contribution is 5.70. The van der Waals surface area contributed by atoms with Crippen LogP contribution in [0, 0.1) is 0 Å². The summed E-state index contributed by atoms with van der Waals surface area (Å²) in [6.45, 7) is 1.09. The van der Waals surface area contributed by atoms with Crippen LogP contribution in [0.5, 0.6) is 5.88 Å². The number of nitrogens with zero attached hydrogens (tertiary/aromatic N) is 2. The zero-order valence-electron chi connectivity index (χ0n) is 12.3. The number of hydrogen-bond donors (Lipinski definition) is 3. The number of aromatic nitrogens is 1. The Kier molecular flexibility index (Phi) is 5.94. The standard InChI is InChI=1S/C17H20N2O3/c20-11-9-19(10-12-21)16-6-3-14(4-7-16)1-2-15-5-8-17(22)18-13-15/h1-8,13,20-21H,9-12H2,(H,18,22)/b2-1+. The molecule has 0 saturated carbocycles. The van der Waals surface area contributed by atoms with Crippen molar-refractivity contribution in [2.24, 2.45) is 0 Å². The second-order valence-corrected chi connectivity index (χ2v) is 4.81. The summed E-state index contributed by atoms with van der Waals surface area (Å²) in [5, 5.41) is 27.2. The molecule has 5 heteroatoms.